The summed E-state index contributed by atoms with van der Waals surface area (Å²) in [5, 5.41) is 18.8. The molecule has 0 radical (unpaired) electrons. The van der Waals surface area contributed by atoms with E-state index in [1.165, 1.54) is 42.2 Å². The molecule has 5 heteroatoms. The highest BCUT2D eigenvalue weighted by Gasteiger charge is 2.26. The number of ether oxygens (including phenoxy) is 1. The monoisotopic (exact) mass is 450 g/mol. The van der Waals surface area contributed by atoms with Gasteiger partial charge in [0.1, 0.15) is 0 Å². The normalized spacial score (nSPS) is 17.1. The van der Waals surface area contributed by atoms with E-state index in [0.29, 0.717) is 5.57 Å². The molecule has 1 aromatic rings. The van der Waals surface area contributed by atoms with Crippen molar-refractivity contribution in [3.05, 3.63) is 82.5 Å². The third-order valence-corrected chi connectivity index (χ3v) is 5.76. The zero-order valence-corrected chi connectivity index (χ0v) is 20.1. The minimum absolute atomic E-state index is 0.148. The Bertz CT molecular complexity index is 1050. The second-order valence-electron chi connectivity index (χ2n) is 9.16. The molecule has 0 fully saturated rings. The summed E-state index contributed by atoms with van der Waals surface area (Å²) in [4.78, 5) is 24.0. The summed E-state index contributed by atoms with van der Waals surface area (Å²) in [6, 6.07) is 3.69. The van der Waals surface area contributed by atoms with Gasteiger partial charge in [-0.2, -0.15) is 0 Å². The number of Topliss-reactive ketones (excluding diaryl/α,β-unsaturated/α-hetero) is 1. The number of rotatable bonds is 8. The highest BCUT2D eigenvalue weighted by molar-refractivity contribution is 5.99. The van der Waals surface area contributed by atoms with Crippen molar-refractivity contribution < 1.29 is 24.5 Å². The van der Waals surface area contributed by atoms with Crippen LogP contribution in [0, 0.1) is 5.41 Å². The van der Waals surface area contributed by atoms with Crippen molar-refractivity contribution >= 4 is 11.8 Å². The predicted molar refractivity (Wildman–Crippen MR) is 131 cm³/mol. The maximum Gasteiger partial charge on any atom is 0.331 e. The largest absolute Gasteiger partial charge is 0.504 e. The molecule has 1 aliphatic carbocycles. The fourth-order valence-electron chi connectivity index (χ4n) is 3.82. The second kappa shape index (κ2) is 11.5. The highest BCUT2D eigenvalue weighted by Crippen LogP contribution is 2.40. The van der Waals surface area contributed by atoms with Crippen LogP contribution >= 0.6 is 0 Å². The first-order chi connectivity index (χ1) is 15.5. The molecule has 0 heterocycles. The minimum atomic E-state index is -0.629. The number of esters is 1. The van der Waals surface area contributed by atoms with E-state index in [4.69, 9.17) is 4.74 Å². The summed E-state index contributed by atoms with van der Waals surface area (Å²) in [6.07, 6.45) is 14.9. The Balaban J connectivity index is 1.90. The lowest BCUT2D eigenvalue weighted by Crippen LogP contribution is -2.19. The van der Waals surface area contributed by atoms with Crippen molar-refractivity contribution in [1.82, 2.24) is 0 Å². The molecule has 0 atom stereocenters. The van der Waals surface area contributed by atoms with Gasteiger partial charge in [0.25, 0.3) is 0 Å². The SMILES string of the molecule is CC1=C(/C=C/C(C)=C/C=C/C(C)=C/C(=O)OCC(=O)c2ccc(O)c(O)c2)C(C)(C)CCC1. The number of phenols is 2. The van der Waals surface area contributed by atoms with E-state index in [1.807, 2.05) is 19.1 Å². The van der Waals surface area contributed by atoms with Crippen molar-refractivity contribution in [3.63, 3.8) is 0 Å². The molecule has 33 heavy (non-hydrogen) atoms. The lowest BCUT2D eigenvalue weighted by atomic mass is 9.72. The van der Waals surface area contributed by atoms with Gasteiger partial charge in [0, 0.05) is 11.6 Å². The molecule has 0 aromatic heterocycles. The predicted octanol–water partition coefficient (Wildman–Crippen LogP) is 6.36. The summed E-state index contributed by atoms with van der Waals surface area (Å²) >= 11 is 0. The van der Waals surface area contributed by atoms with Crippen LogP contribution in [0.3, 0.4) is 0 Å². The lowest BCUT2D eigenvalue weighted by molar-refractivity contribution is -0.136. The average Bonchev–Trinajstić information content (AvgIpc) is 2.73. The standard InChI is InChI=1S/C28H34O5/c1-19(11-13-23-21(3)10-7-15-28(23,4)5)8-6-9-20(2)16-27(32)33-18-26(31)22-12-14-24(29)25(30)17-22/h6,8-9,11-14,16-17,29-30H,7,10,15,18H2,1-5H3/b9-6+,13-11+,19-8+,20-16+. The lowest BCUT2D eigenvalue weighted by Gasteiger charge is -2.32. The molecule has 0 spiro atoms. The Morgan fingerprint density at radius 3 is 2.48 bits per heavy atom. The molecule has 0 bridgehead atoms. The number of carbonyl (C=O) groups excluding carboxylic acids is 2. The summed E-state index contributed by atoms with van der Waals surface area (Å²) in [6.45, 7) is 10.2. The fraction of sp³-hybridized carbons (Fsp3) is 0.357. The summed E-state index contributed by atoms with van der Waals surface area (Å²) in [5.41, 5.74) is 5.03. The van der Waals surface area contributed by atoms with E-state index in [0.717, 1.165) is 18.1 Å². The number of ketones is 1. The van der Waals surface area contributed by atoms with Crippen LogP contribution in [0.5, 0.6) is 11.5 Å². The number of benzene rings is 1. The summed E-state index contributed by atoms with van der Waals surface area (Å²) in [5.74, 6) is -1.83. The Morgan fingerprint density at radius 2 is 1.82 bits per heavy atom. The zero-order chi connectivity index (χ0) is 24.6. The Morgan fingerprint density at radius 1 is 1.09 bits per heavy atom. The van der Waals surface area contributed by atoms with Crippen molar-refractivity contribution in [2.24, 2.45) is 5.41 Å². The molecule has 2 rings (SSSR count). The molecule has 1 aromatic carbocycles. The number of hydrogen-bond donors (Lipinski definition) is 2. The molecule has 2 N–H and O–H groups in total. The van der Waals surface area contributed by atoms with Crippen molar-refractivity contribution in [2.45, 2.75) is 53.9 Å². The van der Waals surface area contributed by atoms with Gasteiger partial charge in [0.2, 0.25) is 0 Å². The third kappa shape index (κ3) is 7.94. The van der Waals surface area contributed by atoms with Gasteiger partial charge in [-0.25, -0.2) is 4.79 Å². The number of hydrogen-bond acceptors (Lipinski definition) is 5. The molecular formula is C28H34O5. The second-order valence-corrected chi connectivity index (χ2v) is 9.16. The van der Waals surface area contributed by atoms with Crippen LogP contribution in [0.15, 0.2) is 76.9 Å². The Kier molecular flexibility index (Phi) is 9.03. The van der Waals surface area contributed by atoms with Crippen LogP contribution in [-0.2, 0) is 9.53 Å². The van der Waals surface area contributed by atoms with Crippen molar-refractivity contribution in [2.75, 3.05) is 6.61 Å². The minimum Gasteiger partial charge on any atom is -0.504 e. The van der Waals surface area contributed by atoms with E-state index in [9.17, 15) is 19.8 Å². The van der Waals surface area contributed by atoms with Crippen LogP contribution in [-0.4, -0.2) is 28.6 Å². The van der Waals surface area contributed by atoms with Gasteiger partial charge in [0.05, 0.1) is 0 Å². The van der Waals surface area contributed by atoms with Crippen LogP contribution in [0.4, 0.5) is 0 Å². The first-order valence-corrected chi connectivity index (χ1v) is 11.1. The van der Waals surface area contributed by atoms with Gasteiger partial charge >= 0.3 is 5.97 Å². The maximum atomic E-state index is 12.1. The molecule has 0 unspecified atom stereocenters. The Hall–Kier alpha value is -3.34. The van der Waals surface area contributed by atoms with Gasteiger partial charge in [-0.1, -0.05) is 55.4 Å². The van der Waals surface area contributed by atoms with Gasteiger partial charge in [-0.3, -0.25) is 4.79 Å². The molecule has 5 nitrogen and oxygen atoms in total. The molecule has 0 amide bonds. The highest BCUT2D eigenvalue weighted by atomic mass is 16.5. The molecule has 176 valence electrons. The number of carbonyl (C=O) groups is 2. The smallest absolute Gasteiger partial charge is 0.331 e. The van der Waals surface area contributed by atoms with Crippen LogP contribution < -0.4 is 0 Å². The summed E-state index contributed by atoms with van der Waals surface area (Å²) in [7, 11) is 0. The van der Waals surface area contributed by atoms with E-state index in [-0.39, 0.29) is 16.7 Å². The fourth-order valence-corrected chi connectivity index (χ4v) is 3.82. The van der Waals surface area contributed by atoms with E-state index < -0.39 is 24.1 Å². The van der Waals surface area contributed by atoms with Crippen LogP contribution in [0.1, 0.15) is 64.2 Å². The maximum absolute atomic E-state index is 12.1. The molecule has 0 aliphatic heterocycles. The molecule has 1 aliphatic rings. The summed E-state index contributed by atoms with van der Waals surface area (Å²) < 4.78 is 4.99. The molecular weight excluding hydrogens is 416 g/mol. The molecule has 0 saturated heterocycles. The third-order valence-electron chi connectivity index (χ3n) is 5.76. The average molecular weight is 451 g/mol. The number of aromatic hydroxyl groups is 2. The first-order valence-electron chi connectivity index (χ1n) is 11.1. The zero-order valence-electron chi connectivity index (χ0n) is 20.1. The van der Waals surface area contributed by atoms with E-state index in [2.05, 4.69) is 32.9 Å². The van der Waals surface area contributed by atoms with Gasteiger partial charge in [-0.15, -0.1) is 0 Å². The first kappa shape index (κ1) is 25.9. The van der Waals surface area contributed by atoms with Gasteiger partial charge in [-0.05, 0) is 74.8 Å². The topological polar surface area (TPSA) is 83.8 Å². The van der Waals surface area contributed by atoms with Crippen molar-refractivity contribution in [1.29, 1.82) is 0 Å². The van der Waals surface area contributed by atoms with Crippen LogP contribution in [0.25, 0.3) is 0 Å². The van der Waals surface area contributed by atoms with Gasteiger partial charge in [0.15, 0.2) is 23.9 Å². The quantitative estimate of drug-likeness (QED) is 0.158. The van der Waals surface area contributed by atoms with E-state index in [1.54, 1.807) is 13.0 Å². The number of phenolic OH excluding ortho intramolecular Hbond substituents is 2. The van der Waals surface area contributed by atoms with E-state index >= 15 is 0 Å². The molecule has 0 saturated carbocycles. The van der Waals surface area contributed by atoms with Crippen LogP contribution in [0.2, 0.25) is 0 Å². The van der Waals surface area contributed by atoms with Crippen molar-refractivity contribution in [3.8, 4) is 11.5 Å². The van der Waals surface area contributed by atoms with Gasteiger partial charge < -0.3 is 14.9 Å². The Labute approximate surface area is 196 Å². The number of allylic oxidation sites excluding steroid dienone is 9.